The molecule has 0 unspecified atom stereocenters. The summed E-state index contributed by atoms with van der Waals surface area (Å²) in [5.41, 5.74) is -0.148. The molecule has 0 aromatic carbocycles. The summed E-state index contributed by atoms with van der Waals surface area (Å²) in [6, 6.07) is 1.87. The molecule has 4 nitrogen and oxygen atoms in total. The van der Waals surface area contributed by atoms with Crippen LogP contribution in [0.25, 0.3) is 0 Å². The van der Waals surface area contributed by atoms with E-state index in [4.69, 9.17) is 0 Å². The summed E-state index contributed by atoms with van der Waals surface area (Å²) in [6.45, 7) is 4.93. The van der Waals surface area contributed by atoms with E-state index in [1.807, 2.05) is 13.1 Å². The van der Waals surface area contributed by atoms with Gasteiger partial charge in [-0.2, -0.15) is 0 Å². The van der Waals surface area contributed by atoms with E-state index in [-0.39, 0.29) is 11.2 Å². The molecule has 2 rings (SSSR count). The van der Waals surface area contributed by atoms with Gasteiger partial charge in [0, 0.05) is 13.2 Å². The zero-order chi connectivity index (χ0) is 9.64. The fraction of sp³-hybridized carbons (Fsp3) is 0.556. The fourth-order valence-corrected chi connectivity index (χ4v) is 1.67. The van der Waals surface area contributed by atoms with E-state index in [9.17, 15) is 4.79 Å². The molecular formula is C9H13N3O. The van der Waals surface area contributed by atoms with Gasteiger partial charge in [-0.25, -0.2) is 9.78 Å². The van der Waals surface area contributed by atoms with Crippen molar-refractivity contribution in [1.82, 2.24) is 9.55 Å². The van der Waals surface area contributed by atoms with Crippen molar-refractivity contribution >= 4 is 5.82 Å². The van der Waals surface area contributed by atoms with Crippen LogP contribution in [-0.2, 0) is 6.54 Å². The molecule has 0 amide bonds. The third-order valence-corrected chi connectivity index (χ3v) is 2.71. The lowest BCUT2D eigenvalue weighted by Gasteiger charge is -2.27. The Hall–Kier alpha value is -1.32. The number of aromatic nitrogens is 2. The Bertz CT molecular complexity index is 394. The standard InChI is InChI=1S/C9H13N3O/c1-9(2)6-12-7(11(9)3)4-5-10-8(12)13/h4-5H,6H2,1-3H3. The summed E-state index contributed by atoms with van der Waals surface area (Å²) < 4.78 is 1.71. The first-order valence-corrected chi connectivity index (χ1v) is 4.32. The molecule has 0 atom stereocenters. The van der Waals surface area contributed by atoms with Crippen LogP contribution in [0.2, 0.25) is 0 Å². The van der Waals surface area contributed by atoms with E-state index >= 15 is 0 Å². The van der Waals surface area contributed by atoms with E-state index in [2.05, 4.69) is 23.7 Å². The Kier molecular flexibility index (Phi) is 1.49. The Morgan fingerprint density at radius 2 is 2.23 bits per heavy atom. The van der Waals surface area contributed by atoms with Gasteiger partial charge in [0.1, 0.15) is 5.82 Å². The van der Waals surface area contributed by atoms with E-state index in [0.717, 1.165) is 5.82 Å². The molecule has 4 heteroatoms. The lowest BCUT2D eigenvalue weighted by atomic mass is 10.1. The summed E-state index contributed by atoms with van der Waals surface area (Å²) in [5, 5.41) is 0. The Balaban J connectivity index is 2.62. The maximum Gasteiger partial charge on any atom is 0.349 e. The van der Waals surface area contributed by atoms with Crippen LogP contribution in [0.1, 0.15) is 13.8 Å². The molecule has 0 saturated heterocycles. The minimum absolute atomic E-state index is 0.00912. The molecule has 0 radical (unpaired) electrons. The highest BCUT2D eigenvalue weighted by molar-refractivity contribution is 5.44. The lowest BCUT2D eigenvalue weighted by Crippen LogP contribution is -2.38. The SMILES string of the molecule is CN1c2ccnc(=O)n2CC1(C)C. The number of nitrogens with zero attached hydrogens (tertiary/aromatic N) is 3. The topological polar surface area (TPSA) is 38.1 Å². The fourth-order valence-electron chi connectivity index (χ4n) is 1.67. The second-order valence-corrected chi connectivity index (χ2v) is 4.04. The molecule has 1 aliphatic heterocycles. The molecule has 0 aliphatic carbocycles. The highest BCUT2D eigenvalue weighted by Gasteiger charge is 2.33. The van der Waals surface area contributed by atoms with E-state index in [0.29, 0.717) is 6.54 Å². The first-order valence-electron chi connectivity index (χ1n) is 4.32. The average Bonchev–Trinajstić information content (AvgIpc) is 2.28. The van der Waals surface area contributed by atoms with Gasteiger partial charge in [0.05, 0.1) is 12.1 Å². The van der Waals surface area contributed by atoms with Crippen molar-refractivity contribution in [3.05, 3.63) is 22.7 Å². The lowest BCUT2D eigenvalue weighted by molar-refractivity contribution is 0.466. The smallest absolute Gasteiger partial charge is 0.349 e. The molecular weight excluding hydrogens is 166 g/mol. The number of hydrogen-bond acceptors (Lipinski definition) is 3. The molecule has 70 valence electrons. The minimum Gasteiger partial charge on any atom is -0.354 e. The van der Waals surface area contributed by atoms with Gasteiger partial charge in [-0.15, -0.1) is 0 Å². The van der Waals surface area contributed by atoms with Crippen LogP contribution < -0.4 is 10.6 Å². The molecule has 0 saturated carbocycles. The Morgan fingerprint density at radius 1 is 1.54 bits per heavy atom. The Morgan fingerprint density at radius 3 is 2.85 bits per heavy atom. The molecule has 2 heterocycles. The van der Waals surface area contributed by atoms with Crippen molar-refractivity contribution in [2.45, 2.75) is 25.9 Å². The number of rotatable bonds is 0. The summed E-state index contributed by atoms with van der Waals surface area (Å²) in [7, 11) is 2.00. The van der Waals surface area contributed by atoms with Crippen molar-refractivity contribution < 1.29 is 0 Å². The van der Waals surface area contributed by atoms with Gasteiger partial charge in [-0.05, 0) is 19.9 Å². The molecule has 0 N–H and O–H groups in total. The molecule has 0 bridgehead atoms. The van der Waals surface area contributed by atoms with Crippen LogP contribution in [-0.4, -0.2) is 22.1 Å². The highest BCUT2D eigenvalue weighted by Crippen LogP contribution is 2.29. The maximum absolute atomic E-state index is 11.4. The number of fused-ring (bicyclic) bond motifs is 1. The second kappa shape index (κ2) is 2.34. The third kappa shape index (κ3) is 1.05. The predicted octanol–water partition coefficient (Wildman–Crippen LogP) is 0.472. The first-order chi connectivity index (χ1) is 6.02. The normalized spacial score (nSPS) is 18.8. The van der Waals surface area contributed by atoms with Crippen molar-refractivity contribution in [3.8, 4) is 0 Å². The van der Waals surface area contributed by atoms with Gasteiger partial charge in [-0.1, -0.05) is 0 Å². The third-order valence-electron chi connectivity index (χ3n) is 2.71. The van der Waals surface area contributed by atoms with Gasteiger partial charge in [-0.3, -0.25) is 4.57 Å². The van der Waals surface area contributed by atoms with Crippen LogP contribution in [0.15, 0.2) is 17.1 Å². The number of likely N-dealkylation sites (N-methyl/N-ethyl adjacent to an activating group) is 1. The number of hydrogen-bond donors (Lipinski definition) is 0. The zero-order valence-corrected chi connectivity index (χ0v) is 8.11. The van der Waals surface area contributed by atoms with Crippen LogP contribution >= 0.6 is 0 Å². The molecule has 13 heavy (non-hydrogen) atoms. The van der Waals surface area contributed by atoms with Crippen LogP contribution in [0, 0.1) is 0 Å². The quantitative estimate of drug-likeness (QED) is 0.581. The molecule has 1 aliphatic rings. The average molecular weight is 179 g/mol. The summed E-state index contributed by atoms with van der Waals surface area (Å²) in [4.78, 5) is 17.2. The van der Waals surface area contributed by atoms with Crippen LogP contribution in [0.4, 0.5) is 5.82 Å². The van der Waals surface area contributed by atoms with Crippen molar-refractivity contribution in [3.63, 3.8) is 0 Å². The van der Waals surface area contributed by atoms with Gasteiger partial charge >= 0.3 is 5.69 Å². The highest BCUT2D eigenvalue weighted by atomic mass is 16.1. The van der Waals surface area contributed by atoms with E-state index in [1.165, 1.54) is 0 Å². The summed E-state index contributed by atoms with van der Waals surface area (Å²) in [6.07, 6.45) is 1.56. The summed E-state index contributed by atoms with van der Waals surface area (Å²) in [5.74, 6) is 0.949. The van der Waals surface area contributed by atoms with Crippen LogP contribution in [0.5, 0.6) is 0 Å². The maximum atomic E-state index is 11.4. The van der Waals surface area contributed by atoms with Gasteiger partial charge in [0.25, 0.3) is 0 Å². The largest absolute Gasteiger partial charge is 0.354 e. The molecule has 0 spiro atoms. The van der Waals surface area contributed by atoms with E-state index in [1.54, 1.807) is 10.8 Å². The Labute approximate surface area is 76.8 Å². The molecule has 1 aromatic heterocycles. The monoisotopic (exact) mass is 179 g/mol. The van der Waals surface area contributed by atoms with E-state index < -0.39 is 0 Å². The molecule has 1 aromatic rings. The minimum atomic E-state index is -0.157. The van der Waals surface area contributed by atoms with Crippen molar-refractivity contribution in [2.75, 3.05) is 11.9 Å². The van der Waals surface area contributed by atoms with Gasteiger partial charge in [0.2, 0.25) is 0 Å². The van der Waals surface area contributed by atoms with Gasteiger partial charge < -0.3 is 4.90 Å². The molecule has 0 fully saturated rings. The van der Waals surface area contributed by atoms with Gasteiger partial charge in [0.15, 0.2) is 0 Å². The van der Waals surface area contributed by atoms with Crippen molar-refractivity contribution in [2.24, 2.45) is 0 Å². The first kappa shape index (κ1) is 8.29. The predicted molar refractivity (Wildman–Crippen MR) is 51.0 cm³/mol. The van der Waals surface area contributed by atoms with Crippen LogP contribution in [0.3, 0.4) is 0 Å². The summed E-state index contributed by atoms with van der Waals surface area (Å²) >= 11 is 0. The zero-order valence-electron chi connectivity index (χ0n) is 8.11. The van der Waals surface area contributed by atoms with Crippen molar-refractivity contribution in [1.29, 1.82) is 0 Å². The number of anilines is 1. The second-order valence-electron chi connectivity index (χ2n) is 4.04.